The quantitative estimate of drug-likeness (QED) is 0.867. The molecule has 0 atom stereocenters. The largest absolute Gasteiger partial charge is 0.408 e. The Hall–Kier alpha value is -1.85. The van der Waals surface area contributed by atoms with E-state index in [1.54, 1.807) is 0 Å². The van der Waals surface area contributed by atoms with Gasteiger partial charge in [-0.25, -0.2) is 0 Å². The van der Waals surface area contributed by atoms with Crippen LogP contribution in [0.3, 0.4) is 0 Å². The molecule has 2 aromatic rings. The number of aromatic nitrogens is 4. The predicted molar refractivity (Wildman–Crippen MR) is 73.0 cm³/mol. The summed E-state index contributed by atoms with van der Waals surface area (Å²) in [6.07, 6.45) is 1.82. The van der Waals surface area contributed by atoms with Gasteiger partial charge in [0, 0.05) is 30.8 Å². The second-order valence-electron chi connectivity index (χ2n) is 4.57. The van der Waals surface area contributed by atoms with E-state index in [4.69, 9.17) is 4.42 Å². The first-order chi connectivity index (χ1) is 9.15. The minimum atomic E-state index is 0.478. The van der Waals surface area contributed by atoms with E-state index in [9.17, 15) is 0 Å². The summed E-state index contributed by atoms with van der Waals surface area (Å²) in [4.78, 5) is 0. The molecule has 0 saturated carbocycles. The maximum atomic E-state index is 5.50. The first-order valence-electron chi connectivity index (χ1n) is 6.74. The van der Waals surface area contributed by atoms with Crippen molar-refractivity contribution in [3.63, 3.8) is 0 Å². The van der Waals surface area contributed by atoms with Crippen molar-refractivity contribution in [2.24, 2.45) is 0 Å². The van der Waals surface area contributed by atoms with E-state index >= 15 is 0 Å². The fourth-order valence-electron chi connectivity index (χ4n) is 2.10. The van der Waals surface area contributed by atoms with Crippen LogP contribution in [-0.2, 0) is 19.5 Å². The summed E-state index contributed by atoms with van der Waals surface area (Å²) in [5.74, 6) is 0.683. The minimum absolute atomic E-state index is 0.478. The summed E-state index contributed by atoms with van der Waals surface area (Å²) >= 11 is 0. The number of nitrogens with zero attached hydrogens (tertiary/aromatic N) is 4. The van der Waals surface area contributed by atoms with E-state index in [2.05, 4.69) is 41.4 Å². The smallest absolute Gasteiger partial charge is 0.315 e. The van der Waals surface area contributed by atoms with E-state index in [1.807, 2.05) is 11.6 Å². The van der Waals surface area contributed by atoms with Crippen molar-refractivity contribution in [1.29, 1.82) is 0 Å². The number of hydrogen-bond acceptors (Lipinski definition) is 5. The molecular weight excluding hydrogens is 242 g/mol. The van der Waals surface area contributed by atoms with Crippen LogP contribution in [0.1, 0.15) is 43.1 Å². The third kappa shape index (κ3) is 2.94. The lowest BCUT2D eigenvalue weighted by atomic mass is 10.2. The van der Waals surface area contributed by atoms with Crippen LogP contribution in [0.4, 0.5) is 6.01 Å². The molecule has 0 aliphatic carbocycles. The van der Waals surface area contributed by atoms with Crippen molar-refractivity contribution in [2.45, 2.75) is 53.6 Å². The van der Waals surface area contributed by atoms with Gasteiger partial charge in [0.05, 0.1) is 5.69 Å². The Bertz CT molecular complexity index is 543. The Morgan fingerprint density at radius 2 is 2.00 bits per heavy atom. The average Bonchev–Trinajstić information content (AvgIpc) is 2.93. The Labute approximate surface area is 113 Å². The summed E-state index contributed by atoms with van der Waals surface area (Å²) in [5.41, 5.74) is 3.41. The highest BCUT2D eigenvalue weighted by atomic mass is 16.4. The van der Waals surface area contributed by atoms with Crippen molar-refractivity contribution in [2.75, 3.05) is 5.32 Å². The van der Waals surface area contributed by atoms with Crippen LogP contribution in [0.5, 0.6) is 0 Å². The van der Waals surface area contributed by atoms with Crippen molar-refractivity contribution in [1.82, 2.24) is 20.0 Å². The summed E-state index contributed by atoms with van der Waals surface area (Å²) < 4.78 is 7.50. The Balaban J connectivity index is 2.03. The molecule has 1 N–H and O–H groups in total. The molecule has 0 aliphatic heterocycles. The van der Waals surface area contributed by atoms with Crippen molar-refractivity contribution in [3.05, 3.63) is 22.8 Å². The number of rotatable bonds is 6. The Kier molecular flexibility index (Phi) is 4.19. The molecule has 2 rings (SSSR count). The van der Waals surface area contributed by atoms with Crippen LogP contribution in [0, 0.1) is 13.8 Å². The monoisotopic (exact) mass is 263 g/mol. The molecule has 0 amide bonds. The molecule has 0 aliphatic rings. The molecule has 2 heterocycles. The maximum absolute atomic E-state index is 5.50. The van der Waals surface area contributed by atoms with Gasteiger partial charge in [-0.3, -0.25) is 4.68 Å². The lowest BCUT2D eigenvalue weighted by Gasteiger charge is -2.03. The van der Waals surface area contributed by atoms with Crippen LogP contribution in [0.2, 0.25) is 0 Å². The highest BCUT2D eigenvalue weighted by molar-refractivity contribution is 5.29. The Morgan fingerprint density at radius 3 is 2.63 bits per heavy atom. The van der Waals surface area contributed by atoms with E-state index in [0.717, 1.165) is 25.1 Å². The van der Waals surface area contributed by atoms with Gasteiger partial charge in [-0.1, -0.05) is 12.0 Å². The molecule has 104 valence electrons. The SMILES string of the molecule is CCCc1nnc(NCc2c(C)nn(CC)c2C)o1. The van der Waals surface area contributed by atoms with Crippen LogP contribution in [0.15, 0.2) is 4.42 Å². The predicted octanol–water partition coefficient (Wildman–Crippen LogP) is 2.47. The number of anilines is 1. The van der Waals surface area contributed by atoms with Crippen LogP contribution < -0.4 is 5.32 Å². The molecule has 0 radical (unpaired) electrons. The van der Waals surface area contributed by atoms with Crippen molar-refractivity contribution >= 4 is 6.01 Å². The van der Waals surface area contributed by atoms with E-state index in [1.165, 1.54) is 11.3 Å². The van der Waals surface area contributed by atoms with Gasteiger partial charge >= 0.3 is 6.01 Å². The summed E-state index contributed by atoms with van der Waals surface area (Å²) in [7, 11) is 0. The molecule has 6 heteroatoms. The molecule has 0 saturated heterocycles. The molecular formula is C13H21N5O. The van der Waals surface area contributed by atoms with Gasteiger partial charge in [-0.2, -0.15) is 5.10 Å². The second kappa shape index (κ2) is 5.86. The molecule has 0 bridgehead atoms. The molecule has 19 heavy (non-hydrogen) atoms. The topological polar surface area (TPSA) is 68.8 Å². The normalized spacial score (nSPS) is 10.9. The third-order valence-electron chi connectivity index (χ3n) is 3.18. The first-order valence-corrected chi connectivity index (χ1v) is 6.74. The van der Waals surface area contributed by atoms with E-state index < -0.39 is 0 Å². The number of aryl methyl sites for hydroxylation is 3. The number of nitrogens with one attached hydrogen (secondary N) is 1. The highest BCUT2D eigenvalue weighted by Crippen LogP contribution is 2.15. The first kappa shape index (κ1) is 13.6. The fraction of sp³-hybridized carbons (Fsp3) is 0.615. The summed E-state index contributed by atoms with van der Waals surface area (Å²) in [6.45, 7) is 9.82. The molecule has 0 unspecified atom stereocenters. The van der Waals surface area contributed by atoms with Gasteiger partial charge in [0.1, 0.15) is 0 Å². The lowest BCUT2D eigenvalue weighted by Crippen LogP contribution is -2.03. The molecule has 0 fully saturated rings. The molecule has 6 nitrogen and oxygen atoms in total. The zero-order valence-electron chi connectivity index (χ0n) is 12.0. The van der Waals surface area contributed by atoms with Gasteiger partial charge in [-0.15, -0.1) is 5.10 Å². The van der Waals surface area contributed by atoms with Crippen LogP contribution in [-0.4, -0.2) is 20.0 Å². The van der Waals surface area contributed by atoms with Crippen molar-refractivity contribution in [3.8, 4) is 0 Å². The summed E-state index contributed by atoms with van der Waals surface area (Å²) in [5, 5.41) is 15.6. The van der Waals surface area contributed by atoms with Crippen LogP contribution >= 0.6 is 0 Å². The third-order valence-corrected chi connectivity index (χ3v) is 3.18. The standard InChI is InChI=1S/C13H21N5O/c1-5-7-12-15-16-13(19-12)14-8-11-9(3)17-18(6-2)10(11)4/h5-8H2,1-4H3,(H,14,16). The maximum Gasteiger partial charge on any atom is 0.315 e. The van der Waals surface area contributed by atoms with E-state index in [0.29, 0.717) is 18.5 Å². The fourth-order valence-corrected chi connectivity index (χ4v) is 2.10. The van der Waals surface area contributed by atoms with E-state index in [-0.39, 0.29) is 0 Å². The van der Waals surface area contributed by atoms with Crippen LogP contribution in [0.25, 0.3) is 0 Å². The minimum Gasteiger partial charge on any atom is -0.408 e. The second-order valence-corrected chi connectivity index (χ2v) is 4.57. The van der Waals surface area contributed by atoms with Gasteiger partial charge in [-0.05, 0) is 27.2 Å². The molecule has 0 aromatic carbocycles. The summed E-state index contributed by atoms with van der Waals surface area (Å²) in [6, 6.07) is 0.478. The van der Waals surface area contributed by atoms with Gasteiger partial charge in [0.25, 0.3) is 0 Å². The molecule has 2 aromatic heterocycles. The average molecular weight is 263 g/mol. The van der Waals surface area contributed by atoms with Gasteiger partial charge < -0.3 is 9.73 Å². The highest BCUT2D eigenvalue weighted by Gasteiger charge is 2.11. The Morgan fingerprint density at radius 1 is 1.21 bits per heavy atom. The molecule has 0 spiro atoms. The zero-order valence-corrected chi connectivity index (χ0v) is 12.0. The van der Waals surface area contributed by atoms with Gasteiger partial charge in [0.15, 0.2) is 0 Å². The van der Waals surface area contributed by atoms with Crippen molar-refractivity contribution < 1.29 is 4.42 Å². The zero-order chi connectivity index (χ0) is 13.8. The lowest BCUT2D eigenvalue weighted by molar-refractivity contribution is 0.501. The number of hydrogen-bond donors (Lipinski definition) is 1. The van der Waals surface area contributed by atoms with Gasteiger partial charge in [0.2, 0.25) is 5.89 Å².